The highest BCUT2D eigenvalue weighted by atomic mass is 16.6. The molecule has 0 fully saturated rings. The summed E-state index contributed by atoms with van der Waals surface area (Å²) in [6, 6.07) is 18.0. The van der Waals surface area contributed by atoms with Gasteiger partial charge in [0.05, 0.1) is 16.7 Å². The number of nitrogens with one attached hydrogen (secondary N) is 2. The summed E-state index contributed by atoms with van der Waals surface area (Å²) in [7, 11) is 0. The van der Waals surface area contributed by atoms with Crippen LogP contribution in [0.2, 0.25) is 0 Å². The third kappa shape index (κ3) is 4.17. The van der Waals surface area contributed by atoms with Crippen molar-refractivity contribution in [3.63, 3.8) is 0 Å². The third-order valence-electron chi connectivity index (χ3n) is 5.03. The van der Waals surface area contributed by atoms with Gasteiger partial charge in [0.1, 0.15) is 12.3 Å². The normalized spacial score (nSPS) is 15.4. The van der Waals surface area contributed by atoms with Gasteiger partial charge in [0, 0.05) is 30.0 Å². The van der Waals surface area contributed by atoms with E-state index in [0.29, 0.717) is 28.1 Å². The molecular weight excluding hydrogens is 410 g/mol. The highest BCUT2D eigenvalue weighted by Gasteiger charge is 2.34. The van der Waals surface area contributed by atoms with Crippen molar-refractivity contribution < 1.29 is 14.5 Å². The smallest absolute Gasteiger partial charge is 0.269 e. The Hall–Kier alpha value is -4.53. The molecule has 0 saturated carbocycles. The number of nitrogens with two attached hydrogens (primary N) is 1. The number of nitro benzene ring substituents is 1. The van der Waals surface area contributed by atoms with Crippen LogP contribution in [0, 0.1) is 15.5 Å². The number of aromatic nitrogens is 1. The van der Waals surface area contributed by atoms with E-state index in [1.165, 1.54) is 12.1 Å². The van der Waals surface area contributed by atoms with Crippen LogP contribution in [0.4, 0.5) is 5.69 Å². The van der Waals surface area contributed by atoms with E-state index in [1.807, 2.05) is 18.2 Å². The van der Waals surface area contributed by atoms with Gasteiger partial charge in [-0.3, -0.25) is 20.3 Å². The van der Waals surface area contributed by atoms with Crippen LogP contribution in [0.15, 0.2) is 84.2 Å². The number of benzene rings is 2. The second-order valence-corrected chi connectivity index (χ2v) is 7.12. The van der Waals surface area contributed by atoms with Crippen molar-refractivity contribution in [2.45, 2.75) is 12.6 Å². The van der Waals surface area contributed by atoms with Crippen molar-refractivity contribution in [3.05, 3.63) is 111 Å². The average Bonchev–Trinajstić information content (AvgIpc) is 3.12. The summed E-state index contributed by atoms with van der Waals surface area (Å²) in [6.07, 6.45) is 1.55. The standard InChI is InChI=1S/C23H19N5O4/c24-20(15-6-2-1-3-7-15)19-21(25)23(29)27-22(19)16-9-10-18(26-12-16)32-13-14-5-4-8-17(11-14)28(30)31/h1-12,22,24H,13,25H2,(H,27,29). The summed E-state index contributed by atoms with van der Waals surface area (Å²) < 4.78 is 5.63. The van der Waals surface area contributed by atoms with Crippen LogP contribution in [-0.4, -0.2) is 21.5 Å². The van der Waals surface area contributed by atoms with Crippen LogP contribution in [0.5, 0.6) is 5.88 Å². The van der Waals surface area contributed by atoms with E-state index in [2.05, 4.69) is 10.3 Å². The van der Waals surface area contributed by atoms with Crippen LogP contribution in [0.1, 0.15) is 22.7 Å². The molecule has 0 saturated heterocycles. The Morgan fingerprint density at radius 2 is 1.94 bits per heavy atom. The maximum absolute atomic E-state index is 12.2. The Morgan fingerprint density at radius 3 is 2.62 bits per heavy atom. The molecule has 0 bridgehead atoms. The zero-order chi connectivity index (χ0) is 22.7. The molecule has 160 valence electrons. The molecule has 1 aromatic heterocycles. The molecule has 4 N–H and O–H groups in total. The number of nitro groups is 1. The van der Waals surface area contributed by atoms with Crippen molar-refractivity contribution >= 4 is 17.3 Å². The lowest BCUT2D eigenvalue weighted by molar-refractivity contribution is -0.384. The van der Waals surface area contributed by atoms with Crippen LogP contribution in [0.3, 0.4) is 0 Å². The topological polar surface area (TPSA) is 144 Å². The molecular formula is C23H19N5O4. The summed E-state index contributed by atoms with van der Waals surface area (Å²) >= 11 is 0. The van der Waals surface area contributed by atoms with Gasteiger partial charge >= 0.3 is 0 Å². The van der Waals surface area contributed by atoms with Gasteiger partial charge < -0.3 is 15.8 Å². The number of pyridine rings is 1. The van der Waals surface area contributed by atoms with Gasteiger partial charge in [0.2, 0.25) is 5.88 Å². The molecule has 9 heteroatoms. The van der Waals surface area contributed by atoms with Crippen molar-refractivity contribution in [2.24, 2.45) is 5.73 Å². The molecule has 2 heterocycles. The first kappa shape index (κ1) is 20.7. The predicted octanol–water partition coefficient (Wildman–Crippen LogP) is 3.02. The second kappa shape index (κ2) is 8.68. The van der Waals surface area contributed by atoms with Gasteiger partial charge in [0.25, 0.3) is 11.6 Å². The minimum atomic E-state index is -0.603. The van der Waals surface area contributed by atoms with Crippen molar-refractivity contribution in [1.29, 1.82) is 5.41 Å². The van der Waals surface area contributed by atoms with E-state index in [-0.39, 0.29) is 23.7 Å². The first-order valence-corrected chi connectivity index (χ1v) is 9.71. The van der Waals surface area contributed by atoms with Gasteiger partial charge in [-0.2, -0.15) is 0 Å². The molecule has 0 radical (unpaired) electrons. The summed E-state index contributed by atoms with van der Waals surface area (Å²) in [5.41, 5.74) is 8.50. The quantitative estimate of drug-likeness (QED) is 0.299. The highest BCUT2D eigenvalue weighted by Crippen LogP contribution is 2.31. The Labute approximate surface area is 183 Å². The maximum Gasteiger partial charge on any atom is 0.269 e. The van der Waals surface area contributed by atoms with E-state index in [9.17, 15) is 14.9 Å². The number of amides is 1. The van der Waals surface area contributed by atoms with Gasteiger partial charge in [-0.1, -0.05) is 42.5 Å². The third-order valence-corrected chi connectivity index (χ3v) is 5.03. The monoisotopic (exact) mass is 429 g/mol. The Bertz CT molecular complexity index is 1220. The van der Waals surface area contributed by atoms with Gasteiger partial charge in [-0.05, 0) is 22.8 Å². The Morgan fingerprint density at radius 1 is 1.16 bits per heavy atom. The van der Waals surface area contributed by atoms with E-state index in [0.717, 1.165) is 0 Å². The van der Waals surface area contributed by atoms with E-state index in [1.54, 1.807) is 42.6 Å². The fraction of sp³-hybridized carbons (Fsp3) is 0.0870. The van der Waals surface area contributed by atoms with E-state index < -0.39 is 16.9 Å². The zero-order valence-electron chi connectivity index (χ0n) is 16.8. The molecule has 1 aliphatic rings. The maximum atomic E-state index is 12.2. The number of hydrogen-bond donors (Lipinski definition) is 3. The number of non-ortho nitro benzene ring substituents is 1. The molecule has 1 amide bonds. The second-order valence-electron chi connectivity index (χ2n) is 7.12. The fourth-order valence-corrected chi connectivity index (χ4v) is 3.41. The lowest BCUT2D eigenvalue weighted by Crippen LogP contribution is -2.24. The summed E-state index contributed by atoms with van der Waals surface area (Å²) in [5.74, 6) is -0.113. The SMILES string of the molecule is N=C(C1=C(N)C(=O)NC1c1ccc(OCc2cccc([N+](=O)[O-])c2)nc1)c1ccccc1. The Kier molecular flexibility index (Phi) is 5.63. The van der Waals surface area contributed by atoms with Crippen LogP contribution < -0.4 is 15.8 Å². The van der Waals surface area contributed by atoms with Crippen molar-refractivity contribution in [1.82, 2.24) is 10.3 Å². The lowest BCUT2D eigenvalue weighted by Gasteiger charge is -2.17. The number of carbonyl (C=O) groups is 1. The number of hydrogen-bond acceptors (Lipinski definition) is 7. The fourth-order valence-electron chi connectivity index (χ4n) is 3.41. The molecule has 32 heavy (non-hydrogen) atoms. The summed E-state index contributed by atoms with van der Waals surface area (Å²) in [6.45, 7) is 0.116. The van der Waals surface area contributed by atoms with Crippen LogP contribution in [0.25, 0.3) is 0 Å². The summed E-state index contributed by atoms with van der Waals surface area (Å²) in [4.78, 5) is 26.9. The van der Waals surface area contributed by atoms with Gasteiger partial charge in [0.15, 0.2) is 0 Å². The minimum absolute atomic E-state index is 0.00912. The number of nitrogens with zero attached hydrogens (tertiary/aromatic N) is 2. The Balaban J connectivity index is 1.51. The first-order chi connectivity index (χ1) is 15.4. The van der Waals surface area contributed by atoms with Gasteiger partial charge in [-0.15, -0.1) is 0 Å². The molecule has 1 atom stereocenters. The van der Waals surface area contributed by atoms with Crippen molar-refractivity contribution in [3.8, 4) is 5.88 Å². The van der Waals surface area contributed by atoms with Gasteiger partial charge in [-0.25, -0.2) is 4.98 Å². The minimum Gasteiger partial charge on any atom is -0.473 e. The van der Waals surface area contributed by atoms with Crippen LogP contribution in [-0.2, 0) is 11.4 Å². The van der Waals surface area contributed by atoms with Crippen LogP contribution >= 0.6 is 0 Å². The number of carbonyl (C=O) groups excluding carboxylic acids is 1. The van der Waals surface area contributed by atoms with Crippen molar-refractivity contribution in [2.75, 3.05) is 0 Å². The molecule has 3 aromatic rings. The molecule has 1 unspecified atom stereocenters. The lowest BCUT2D eigenvalue weighted by atomic mass is 9.93. The first-order valence-electron chi connectivity index (χ1n) is 9.71. The largest absolute Gasteiger partial charge is 0.473 e. The number of rotatable bonds is 7. The molecule has 2 aromatic carbocycles. The predicted molar refractivity (Wildman–Crippen MR) is 117 cm³/mol. The molecule has 4 rings (SSSR count). The summed E-state index contributed by atoms with van der Waals surface area (Å²) in [5, 5.41) is 22.2. The molecule has 9 nitrogen and oxygen atoms in total. The zero-order valence-corrected chi connectivity index (χ0v) is 16.8. The molecule has 1 aliphatic heterocycles. The molecule has 0 aliphatic carbocycles. The van der Waals surface area contributed by atoms with E-state index >= 15 is 0 Å². The highest BCUT2D eigenvalue weighted by molar-refractivity contribution is 6.17. The number of ether oxygens (including phenoxy) is 1. The van der Waals surface area contributed by atoms with E-state index in [4.69, 9.17) is 15.9 Å². The average molecular weight is 429 g/mol. The molecule has 0 spiro atoms.